The van der Waals surface area contributed by atoms with Crippen molar-refractivity contribution in [1.82, 2.24) is 5.32 Å². The van der Waals surface area contributed by atoms with Crippen molar-refractivity contribution in [1.29, 1.82) is 0 Å². The Bertz CT molecular complexity index is 303. The van der Waals surface area contributed by atoms with Crippen LogP contribution in [0.25, 0.3) is 0 Å². The van der Waals surface area contributed by atoms with Crippen molar-refractivity contribution >= 4 is 0 Å². The lowest BCUT2D eigenvalue weighted by atomic mass is 9.66. The topological polar surface area (TPSA) is 50.7 Å². The van der Waals surface area contributed by atoms with Gasteiger partial charge in [-0.3, -0.25) is 0 Å². The van der Waals surface area contributed by atoms with E-state index < -0.39 is 0 Å². The molecule has 1 saturated carbocycles. The van der Waals surface area contributed by atoms with Crippen LogP contribution in [0.15, 0.2) is 0 Å². The van der Waals surface area contributed by atoms with Crippen LogP contribution in [0.3, 0.4) is 0 Å². The van der Waals surface area contributed by atoms with E-state index in [1.54, 1.807) is 0 Å². The molecule has 104 valence electrons. The van der Waals surface area contributed by atoms with E-state index in [1.165, 1.54) is 6.42 Å². The lowest BCUT2D eigenvalue weighted by Gasteiger charge is -2.52. The van der Waals surface area contributed by atoms with E-state index in [2.05, 4.69) is 12.2 Å². The third-order valence-electron chi connectivity index (χ3n) is 5.17. The minimum atomic E-state index is -0.268. The van der Waals surface area contributed by atoms with Crippen molar-refractivity contribution in [3.05, 3.63) is 0 Å². The monoisotopic (exact) mass is 255 g/mol. The number of fused-ring (bicyclic) bond motifs is 1. The van der Waals surface area contributed by atoms with Gasteiger partial charge in [-0.15, -0.1) is 0 Å². The van der Waals surface area contributed by atoms with Gasteiger partial charge in [0.15, 0.2) is 5.79 Å². The van der Waals surface area contributed by atoms with Crippen molar-refractivity contribution in [2.45, 2.75) is 62.8 Å². The maximum Gasteiger partial charge on any atom is 0.168 e. The molecule has 0 unspecified atom stereocenters. The number of aliphatic hydroxyl groups is 1. The number of rotatable bonds is 2. The van der Waals surface area contributed by atoms with Crippen LogP contribution < -0.4 is 5.32 Å². The zero-order valence-corrected chi connectivity index (χ0v) is 11.3. The molecule has 2 saturated heterocycles. The highest BCUT2D eigenvalue weighted by Gasteiger charge is 2.51. The average molecular weight is 255 g/mol. The normalized spacial score (nSPS) is 43.0. The van der Waals surface area contributed by atoms with E-state index >= 15 is 0 Å². The predicted molar refractivity (Wildman–Crippen MR) is 68.2 cm³/mol. The quantitative estimate of drug-likeness (QED) is 0.783. The van der Waals surface area contributed by atoms with Crippen LogP contribution in [0, 0.1) is 5.92 Å². The molecular weight excluding hydrogens is 230 g/mol. The van der Waals surface area contributed by atoms with Crippen LogP contribution in [0.5, 0.6) is 0 Å². The number of aliphatic hydroxyl groups excluding tert-OH is 1. The Morgan fingerprint density at radius 2 is 2.00 bits per heavy atom. The molecule has 0 aromatic carbocycles. The summed E-state index contributed by atoms with van der Waals surface area (Å²) in [5.74, 6) is 0.370. The Hall–Kier alpha value is -0.160. The molecule has 3 fully saturated rings. The van der Waals surface area contributed by atoms with E-state index in [1.807, 2.05) is 0 Å². The second kappa shape index (κ2) is 4.75. The third-order valence-corrected chi connectivity index (χ3v) is 5.17. The summed E-state index contributed by atoms with van der Waals surface area (Å²) in [6.07, 6.45) is 6.40. The molecular formula is C14H25NO3. The van der Waals surface area contributed by atoms with Crippen LogP contribution in [-0.4, -0.2) is 42.3 Å². The molecule has 3 rings (SSSR count). The standard InChI is InChI=1S/C14H25NO3/c1-13-5-6-14(17-8-9-18-14)10-11(13)2-3-12(15-13)4-7-16/h11-12,15-16H,2-10H2,1H3/t11-,12-,13-/m1/s1. The van der Waals surface area contributed by atoms with Crippen LogP contribution in [0.4, 0.5) is 0 Å². The Morgan fingerprint density at radius 1 is 1.22 bits per heavy atom. The van der Waals surface area contributed by atoms with Gasteiger partial charge in [0.1, 0.15) is 0 Å². The van der Waals surface area contributed by atoms with Crippen molar-refractivity contribution in [2.24, 2.45) is 5.92 Å². The highest BCUT2D eigenvalue weighted by molar-refractivity contribution is 5.03. The molecule has 1 aliphatic carbocycles. The zero-order valence-electron chi connectivity index (χ0n) is 11.3. The van der Waals surface area contributed by atoms with Gasteiger partial charge in [-0.05, 0) is 38.5 Å². The highest BCUT2D eigenvalue weighted by Crippen LogP contribution is 2.47. The number of hydrogen-bond acceptors (Lipinski definition) is 4. The first-order valence-corrected chi connectivity index (χ1v) is 7.32. The molecule has 18 heavy (non-hydrogen) atoms. The number of piperidine rings is 1. The molecule has 4 nitrogen and oxygen atoms in total. The Balaban J connectivity index is 1.67. The molecule has 2 aliphatic heterocycles. The highest BCUT2D eigenvalue weighted by atomic mass is 16.7. The molecule has 3 aliphatic rings. The molecule has 0 aromatic rings. The molecule has 4 heteroatoms. The summed E-state index contributed by atoms with van der Waals surface area (Å²) in [4.78, 5) is 0. The fourth-order valence-corrected chi connectivity index (χ4v) is 4.04. The van der Waals surface area contributed by atoms with E-state index in [4.69, 9.17) is 14.6 Å². The van der Waals surface area contributed by atoms with Gasteiger partial charge in [0.25, 0.3) is 0 Å². The van der Waals surface area contributed by atoms with Gasteiger partial charge >= 0.3 is 0 Å². The first-order chi connectivity index (χ1) is 8.66. The fraction of sp³-hybridized carbons (Fsp3) is 1.00. The summed E-state index contributed by atoms with van der Waals surface area (Å²) < 4.78 is 11.7. The average Bonchev–Trinajstić information content (AvgIpc) is 2.80. The second-order valence-electron chi connectivity index (χ2n) is 6.36. The van der Waals surface area contributed by atoms with E-state index in [-0.39, 0.29) is 17.9 Å². The SMILES string of the molecule is C[C@@]12CCC3(C[C@H]1CC[C@H](CCO)N2)OCCO3. The Kier molecular flexibility index (Phi) is 3.39. The van der Waals surface area contributed by atoms with Gasteiger partial charge in [-0.25, -0.2) is 0 Å². The molecule has 2 heterocycles. The Labute approximate surface area is 109 Å². The van der Waals surface area contributed by atoms with E-state index in [9.17, 15) is 0 Å². The van der Waals surface area contributed by atoms with E-state index in [0.717, 1.165) is 45.3 Å². The minimum absolute atomic E-state index is 0.207. The van der Waals surface area contributed by atoms with Crippen LogP contribution in [0.1, 0.15) is 45.4 Å². The summed E-state index contributed by atoms with van der Waals surface area (Å²) in [5, 5.41) is 12.9. The lowest BCUT2D eigenvalue weighted by molar-refractivity contribution is -0.203. The van der Waals surface area contributed by atoms with Crippen LogP contribution in [-0.2, 0) is 9.47 Å². The smallest absolute Gasteiger partial charge is 0.168 e. The third kappa shape index (κ3) is 2.20. The first kappa shape index (κ1) is 12.9. The van der Waals surface area contributed by atoms with E-state index in [0.29, 0.717) is 12.0 Å². The van der Waals surface area contributed by atoms with Crippen molar-refractivity contribution in [3.8, 4) is 0 Å². The minimum Gasteiger partial charge on any atom is -0.396 e. The zero-order chi connectivity index (χ0) is 12.6. The summed E-state index contributed by atoms with van der Waals surface area (Å²) >= 11 is 0. The molecule has 0 radical (unpaired) electrons. The van der Waals surface area contributed by atoms with Crippen molar-refractivity contribution in [2.75, 3.05) is 19.8 Å². The number of ether oxygens (including phenoxy) is 2. The molecule has 1 spiro atoms. The first-order valence-electron chi connectivity index (χ1n) is 7.32. The van der Waals surface area contributed by atoms with Gasteiger partial charge in [-0.1, -0.05) is 0 Å². The summed E-state index contributed by atoms with van der Waals surface area (Å²) in [5.41, 5.74) is 0.207. The largest absolute Gasteiger partial charge is 0.396 e. The lowest BCUT2D eigenvalue weighted by Crippen LogP contribution is -2.61. The molecule has 0 aromatic heterocycles. The molecule has 0 amide bonds. The Morgan fingerprint density at radius 3 is 2.72 bits per heavy atom. The van der Waals surface area contributed by atoms with Gasteiger partial charge in [-0.2, -0.15) is 0 Å². The predicted octanol–water partition coefficient (Wildman–Crippen LogP) is 1.42. The second-order valence-corrected chi connectivity index (χ2v) is 6.36. The van der Waals surface area contributed by atoms with Gasteiger partial charge in [0.2, 0.25) is 0 Å². The van der Waals surface area contributed by atoms with Crippen molar-refractivity contribution in [3.63, 3.8) is 0 Å². The maximum atomic E-state index is 9.09. The number of nitrogens with one attached hydrogen (secondary N) is 1. The molecule has 3 atom stereocenters. The van der Waals surface area contributed by atoms with Crippen LogP contribution in [0.2, 0.25) is 0 Å². The summed E-state index contributed by atoms with van der Waals surface area (Å²) in [6.45, 7) is 4.13. The van der Waals surface area contributed by atoms with Crippen LogP contribution >= 0.6 is 0 Å². The summed E-state index contributed by atoms with van der Waals surface area (Å²) in [6, 6.07) is 0.482. The van der Waals surface area contributed by atoms with Crippen molar-refractivity contribution < 1.29 is 14.6 Å². The van der Waals surface area contributed by atoms with Gasteiger partial charge in [0, 0.05) is 31.0 Å². The number of hydrogen-bond donors (Lipinski definition) is 2. The van der Waals surface area contributed by atoms with Gasteiger partial charge in [0.05, 0.1) is 13.2 Å². The molecule has 0 bridgehead atoms. The van der Waals surface area contributed by atoms with Gasteiger partial charge < -0.3 is 19.9 Å². The maximum absolute atomic E-state index is 9.09. The fourth-order valence-electron chi connectivity index (χ4n) is 4.04. The summed E-state index contributed by atoms with van der Waals surface area (Å²) in [7, 11) is 0. The molecule has 2 N–H and O–H groups in total.